The molecule has 86 valence electrons. The second-order valence-electron chi connectivity index (χ2n) is 2.38. The average Bonchev–Trinajstić information content (AvgIpc) is 2.62. The first-order valence-electron chi connectivity index (χ1n) is 4.48. The Labute approximate surface area is 86.8 Å². The summed E-state index contributed by atoms with van der Waals surface area (Å²) in [7, 11) is 1.18. The molecule has 0 amide bonds. The highest BCUT2D eigenvalue weighted by molar-refractivity contribution is 5.90. The molecule has 1 aromatic heterocycles. The second-order valence-corrected chi connectivity index (χ2v) is 2.38. The van der Waals surface area contributed by atoms with E-state index < -0.39 is 12.5 Å². The minimum Gasteiger partial charge on any atom is -0.465 e. The lowest BCUT2D eigenvalue weighted by Gasteiger charge is -1.95. The Hall–Kier alpha value is -1.46. The fourth-order valence-electron chi connectivity index (χ4n) is 0.892. The van der Waals surface area contributed by atoms with Gasteiger partial charge in [-0.25, -0.2) is 9.48 Å². The number of esters is 1. The first-order valence-corrected chi connectivity index (χ1v) is 4.48. The molecule has 0 saturated carbocycles. The van der Waals surface area contributed by atoms with Crippen LogP contribution in [0.2, 0.25) is 0 Å². The number of rotatable bonds is 2. The number of alkyl halides is 2. The summed E-state index contributed by atoms with van der Waals surface area (Å²) in [5, 5.41) is 3.44. The van der Waals surface area contributed by atoms with Crippen molar-refractivity contribution in [3.05, 3.63) is 17.5 Å². The highest BCUT2D eigenvalue weighted by Gasteiger charge is 2.16. The van der Waals surface area contributed by atoms with Crippen LogP contribution in [0, 0.1) is 6.92 Å². The van der Waals surface area contributed by atoms with E-state index in [-0.39, 0.29) is 11.3 Å². The monoisotopic (exact) mass is 220 g/mol. The maximum absolute atomic E-state index is 12.1. The number of nitrogens with zero attached hydrogens (tertiary/aromatic N) is 2. The van der Waals surface area contributed by atoms with Gasteiger partial charge in [-0.05, 0) is 6.92 Å². The minimum absolute atomic E-state index is 0.0581. The molecule has 0 spiro atoms. The van der Waals surface area contributed by atoms with Crippen LogP contribution >= 0.6 is 0 Å². The molecule has 6 heteroatoms. The Bertz CT molecular complexity index is 324. The topological polar surface area (TPSA) is 44.1 Å². The zero-order chi connectivity index (χ0) is 12.0. The normalized spacial score (nSPS) is 9.53. The lowest BCUT2D eigenvalue weighted by molar-refractivity contribution is 0.0554. The molecule has 0 fully saturated rings. The molecule has 0 bridgehead atoms. The van der Waals surface area contributed by atoms with Gasteiger partial charge in [0.1, 0.15) is 5.56 Å². The minimum atomic E-state index is -2.74. The van der Waals surface area contributed by atoms with E-state index in [1.807, 2.05) is 13.8 Å². The molecule has 4 nitrogen and oxygen atoms in total. The van der Waals surface area contributed by atoms with E-state index >= 15 is 0 Å². The van der Waals surface area contributed by atoms with Crippen molar-refractivity contribution in [3.63, 3.8) is 0 Å². The molecule has 15 heavy (non-hydrogen) atoms. The molecule has 0 saturated heterocycles. The van der Waals surface area contributed by atoms with Crippen molar-refractivity contribution in [2.45, 2.75) is 27.3 Å². The molecular formula is C9H14F2N2O2. The van der Waals surface area contributed by atoms with E-state index in [9.17, 15) is 13.6 Å². The fraction of sp³-hybridized carbons (Fsp3) is 0.556. The van der Waals surface area contributed by atoms with E-state index in [1.165, 1.54) is 14.0 Å². The van der Waals surface area contributed by atoms with Crippen LogP contribution in [0.3, 0.4) is 0 Å². The van der Waals surface area contributed by atoms with E-state index in [2.05, 4.69) is 9.84 Å². The van der Waals surface area contributed by atoms with Crippen LogP contribution in [0.4, 0.5) is 8.78 Å². The molecule has 1 heterocycles. The molecular weight excluding hydrogens is 206 g/mol. The summed E-state index contributed by atoms with van der Waals surface area (Å²) >= 11 is 0. The summed E-state index contributed by atoms with van der Waals surface area (Å²) in [6.07, 6.45) is 0.964. The Morgan fingerprint density at radius 2 is 2.07 bits per heavy atom. The van der Waals surface area contributed by atoms with Gasteiger partial charge in [-0.2, -0.15) is 13.9 Å². The number of methoxy groups -OCH3 is 1. The maximum atomic E-state index is 12.1. The van der Waals surface area contributed by atoms with Gasteiger partial charge in [0.05, 0.1) is 12.8 Å². The number of ether oxygens (including phenoxy) is 1. The molecule has 0 atom stereocenters. The quantitative estimate of drug-likeness (QED) is 0.719. The van der Waals surface area contributed by atoms with Crippen molar-refractivity contribution in [1.29, 1.82) is 0 Å². The number of aromatic nitrogens is 2. The van der Waals surface area contributed by atoms with Gasteiger partial charge in [0.15, 0.2) is 0 Å². The van der Waals surface area contributed by atoms with Crippen LogP contribution in [0.25, 0.3) is 0 Å². The van der Waals surface area contributed by atoms with E-state index in [4.69, 9.17) is 0 Å². The maximum Gasteiger partial charge on any atom is 0.341 e. The van der Waals surface area contributed by atoms with Crippen LogP contribution in [0.15, 0.2) is 6.20 Å². The van der Waals surface area contributed by atoms with Crippen molar-refractivity contribution < 1.29 is 18.3 Å². The highest BCUT2D eigenvalue weighted by Crippen LogP contribution is 2.13. The standard InChI is InChI=1S/C7H8F2N2O2.C2H6/c1-4-5(6(12)13-2)3-11(10-4)7(8)9;1-2/h3,7H,1-2H3;1-2H3. The Balaban J connectivity index is 0.000000921. The molecule has 0 N–H and O–H groups in total. The first-order chi connectivity index (χ1) is 7.06. The molecule has 0 unspecified atom stereocenters. The van der Waals surface area contributed by atoms with Crippen LogP contribution in [0.1, 0.15) is 36.4 Å². The predicted octanol–water partition coefficient (Wildman–Crippen LogP) is 2.40. The van der Waals surface area contributed by atoms with Gasteiger partial charge in [-0.15, -0.1) is 0 Å². The molecule has 0 aliphatic rings. The number of aryl methyl sites for hydroxylation is 1. The van der Waals surface area contributed by atoms with Gasteiger partial charge < -0.3 is 4.74 Å². The van der Waals surface area contributed by atoms with Gasteiger partial charge in [-0.3, -0.25) is 0 Å². The average molecular weight is 220 g/mol. The van der Waals surface area contributed by atoms with Crippen LogP contribution < -0.4 is 0 Å². The number of halogens is 2. The molecule has 0 aliphatic carbocycles. The smallest absolute Gasteiger partial charge is 0.341 e. The summed E-state index contributed by atoms with van der Waals surface area (Å²) in [5.74, 6) is -0.663. The highest BCUT2D eigenvalue weighted by atomic mass is 19.3. The molecule has 1 aromatic rings. The first kappa shape index (κ1) is 13.5. The zero-order valence-electron chi connectivity index (χ0n) is 9.12. The Morgan fingerprint density at radius 3 is 2.40 bits per heavy atom. The molecule has 0 aliphatic heterocycles. The Kier molecular flexibility index (Phi) is 5.51. The van der Waals surface area contributed by atoms with Gasteiger partial charge in [0.2, 0.25) is 0 Å². The summed E-state index contributed by atoms with van der Waals surface area (Å²) in [6, 6.07) is 0. The van der Waals surface area contributed by atoms with Crippen molar-refractivity contribution >= 4 is 5.97 Å². The van der Waals surface area contributed by atoms with Crippen molar-refractivity contribution in [3.8, 4) is 0 Å². The van der Waals surface area contributed by atoms with Gasteiger partial charge >= 0.3 is 12.5 Å². The van der Waals surface area contributed by atoms with Crippen LogP contribution in [-0.2, 0) is 4.74 Å². The summed E-state index contributed by atoms with van der Waals surface area (Å²) in [4.78, 5) is 10.9. The van der Waals surface area contributed by atoms with Crippen molar-refractivity contribution in [2.24, 2.45) is 0 Å². The van der Waals surface area contributed by atoms with Crippen LogP contribution in [-0.4, -0.2) is 22.9 Å². The summed E-state index contributed by atoms with van der Waals surface area (Å²) in [6.45, 7) is 2.72. The third-order valence-electron chi connectivity index (χ3n) is 1.52. The number of hydrogen-bond acceptors (Lipinski definition) is 3. The third-order valence-corrected chi connectivity index (χ3v) is 1.52. The van der Waals surface area contributed by atoms with E-state index in [0.29, 0.717) is 4.68 Å². The van der Waals surface area contributed by atoms with Crippen LogP contribution in [0.5, 0.6) is 0 Å². The van der Waals surface area contributed by atoms with E-state index in [0.717, 1.165) is 6.20 Å². The largest absolute Gasteiger partial charge is 0.465 e. The third kappa shape index (κ3) is 3.30. The zero-order valence-corrected chi connectivity index (χ0v) is 9.12. The second kappa shape index (κ2) is 6.10. The van der Waals surface area contributed by atoms with Gasteiger partial charge in [0.25, 0.3) is 0 Å². The number of carbonyl (C=O) groups excluding carboxylic acids is 1. The Morgan fingerprint density at radius 1 is 1.53 bits per heavy atom. The molecule has 0 aromatic carbocycles. The summed E-state index contributed by atoms with van der Waals surface area (Å²) < 4.78 is 28.9. The van der Waals surface area contributed by atoms with Gasteiger partial charge in [0, 0.05) is 6.20 Å². The lowest BCUT2D eigenvalue weighted by Crippen LogP contribution is -2.01. The predicted molar refractivity (Wildman–Crippen MR) is 50.9 cm³/mol. The van der Waals surface area contributed by atoms with Crippen molar-refractivity contribution in [1.82, 2.24) is 9.78 Å². The van der Waals surface area contributed by atoms with Gasteiger partial charge in [-0.1, -0.05) is 13.8 Å². The molecule has 0 radical (unpaired) electrons. The van der Waals surface area contributed by atoms with E-state index in [1.54, 1.807) is 0 Å². The lowest BCUT2D eigenvalue weighted by atomic mass is 10.3. The SMILES string of the molecule is CC.COC(=O)c1cn(C(F)F)nc1C. The fourth-order valence-corrected chi connectivity index (χ4v) is 0.892. The number of hydrogen-bond donors (Lipinski definition) is 0. The van der Waals surface area contributed by atoms with Crippen molar-refractivity contribution in [2.75, 3.05) is 7.11 Å². The number of carbonyl (C=O) groups is 1. The summed E-state index contributed by atoms with van der Waals surface area (Å²) in [5.41, 5.74) is 0.287. The molecule has 1 rings (SSSR count).